The summed E-state index contributed by atoms with van der Waals surface area (Å²) in [5, 5.41) is 17.3. The Morgan fingerprint density at radius 3 is 2.28 bits per heavy atom. The number of rotatable bonds is 6. The molecule has 2 N–H and O–H groups in total. The fourth-order valence-corrected chi connectivity index (χ4v) is 3.61. The molecule has 170 valence electrons. The number of alkyl halides is 3. The van der Waals surface area contributed by atoms with E-state index in [9.17, 15) is 23.1 Å². The van der Waals surface area contributed by atoms with Crippen molar-refractivity contribution in [1.82, 2.24) is 10.2 Å². The number of nitrogens with one attached hydrogen (secondary N) is 1. The molecule has 0 saturated heterocycles. The Kier molecular flexibility index (Phi) is 6.60. The number of nitrogens with zero attached hydrogens (tertiary/aromatic N) is 1. The first-order valence-corrected chi connectivity index (χ1v) is 10.2. The van der Waals surface area contributed by atoms with Crippen LogP contribution in [0.4, 0.5) is 13.2 Å². The molecule has 1 aromatic heterocycles. The number of carboxylic acids is 1. The van der Waals surface area contributed by atoms with Crippen molar-refractivity contribution < 1.29 is 27.8 Å². The van der Waals surface area contributed by atoms with E-state index in [1.807, 2.05) is 0 Å². The van der Waals surface area contributed by atoms with Gasteiger partial charge in [-0.3, -0.25) is 5.10 Å². The average Bonchev–Trinajstić information content (AvgIpc) is 3.07. The summed E-state index contributed by atoms with van der Waals surface area (Å²) in [6.45, 7) is 4.50. The smallest absolute Gasteiger partial charge is 0.416 e. The van der Waals surface area contributed by atoms with Crippen molar-refractivity contribution in [3.05, 3.63) is 74.9 Å². The number of aromatic nitrogens is 2. The lowest BCUT2D eigenvalue weighted by Crippen LogP contribution is -2.36. The van der Waals surface area contributed by atoms with Gasteiger partial charge in [-0.2, -0.15) is 18.3 Å². The van der Waals surface area contributed by atoms with Crippen LogP contribution in [-0.2, 0) is 15.7 Å². The van der Waals surface area contributed by atoms with Crippen molar-refractivity contribution in [1.29, 1.82) is 0 Å². The van der Waals surface area contributed by atoms with Gasteiger partial charge in [-0.25, -0.2) is 4.79 Å². The van der Waals surface area contributed by atoms with E-state index in [2.05, 4.69) is 10.2 Å². The van der Waals surface area contributed by atoms with E-state index in [1.165, 1.54) is 32.0 Å². The Morgan fingerprint density at radius 1 is 1.12 bits per heavy atom. The first-order chi connectivity index (χ1) is 14.8. The van der Waals surface area contributed by atoms with Gasteiger partial charge in [0.15, 0.2) is 5.60 Å². The van der Waals surface area contributed by atoms with Gasteiger partial charge in [0, 0.05) is 21.2 Å². The lowest BCUT2D eigenvalue weighted by Gasteiger charge is -2.28. The van der Waals surface area contributed by atoms with E-state index in [4.69, 9.17) is 27.9 Å². The molecule has 0 amide bonds. The highest BCUT2D eigenvalue weighted by molar-refractivity contribution is 6.35. The second-order valence-electron chi connectivity index (χ2n) is 7.66. The summed E-state index contributed by atoms with van der Waals surface area (Å²) in [6.07, 6.45) is -5.43. The van der Waals surface area contributed by atoms with Crippen molar-refractivity contribution in [2.45, 2.75) is 38.7 Å². The number of carboxylic acid groups (broad SMARTS) is 1. The van der Waals surface area contributed by atoms with Gasteiger partial charge in [0.05, 0.1) is 17.0 Å². The number of halogens is 5. The summed E-state index contributed by atoms with van der Waals surface area (Å²) in [7, 11) is 0. The molecule has 32 heavy (non-hydrogen) atoms. The van der Waals surface area contributed by atoms with Gasteiger partial charge in [0.2, 0.25) is 0 Å². The number of ether oxygens (including phenoxy) is 1. The molecular formula is C22H19Cl2F3N2O3. The van der Waals surface area contributed by atoms with Crippen LogP contribution in [0.5, 0.6) is 0 Å². The minimum atomic E-state index is -4.45. The van der Waals surface area contributed by atoms with Crippen LogP contribution >= 0.6 is 23.2 Å². The van der Waals surface area contributed by atoms with Crippen LogP contribution in [0.25, 0.3) is 11.3 Å². The van der Waals surface area contributed by atoms with Crippen LogP contribution in [0, 0.1) is 6.92 Å². The number of benzene rings is 2. The molecule has 3 rings (SSSR count). The molecule has 0 aliphatic rings. The first kappa shape index (κ1) is 24.1. The normalized spacial score (nSPS) is 13.2. The highest BCUT2D eigenvalue weighted by atomic mass is 35.5. The minimum Gasteiger partial charge on any atom is -0.479 e. The van der Waals surface area contributed by atoms with Crippen molar-refractivity contribution in [2.75, 3.05) is 0 Å². The second-order valence-corrected chi connectivity index (χ2v) is 8.51. The van der Waals surface area contributed by atoms with E-state index in [-0.39, 0.29) is 5.02 Å². The van der Waals surface area contributed by atoms with E-state index in [1.54, 1.807) is 19.1 Å². The largest absolute Gasteiger partial charge is 0.479 e. The summed E-state index contributed by atoms with van der Waals surface area (Å²) in [4.78, 5) is 11.7. The van der Waals surface area contributed by atoms with E-state index in [0.717, 1.165) is 12.1 Å². The molecule has 0 fully saturated rings. The molecule has 0 saturated carbocycles. The molecule has 10 heteroatoms. The lowest BCUT2D eigenvalue weighted by molar-refractivity contribution is -0.166. The Balaban J connectivity index is 2.08. The molecule has 1 atom stereocenters. The molecule has 1 heterocycles. The number of aromatic amines is 1. The van der Waals surface area contributed by atoms with Gasteiger partial charge in [-0.05, 0) is 50.6 Å². The zero-order valence-electron chi connectivity index (χ0n) is 17.2. The van der Waals surface area contributed by atoms with Crippen LogP contribution in [0.3, 0.4) is 0 Å². The van der Waals surface area contributed by atoms with Crippen LogP contribution < -0.4 is 0 Å². The predicted molar refractivity (Wildman–Crippen MR) is 115 cm³/mol. The maximum Gasteiger partial charge on any atom is 0.416 e. The van der Waals surface area contributed by atoms with Crippen molar-refractivity contribution in [3.8, 4) is 11.3 Å². The van der Waals surface area contributed by atoms with Crippen molar-refractivity contribution in [3.63, 3.8) is 0 Å². The standard InChI is InChI=1S/C22H19Cl2F3N2O3/c1-11-17(12-4-6-13(7-5-12)22(25,26)27)28-29-18(11)19(32-21(2,3)20(30)31)15-9-8-14(23)10-16(15)24/h4-10,19H,1-3H3,(H,28,29)(H,30,31). The third-order valence-corrected chi connectivity index (χ3v) is 5.53. The molecule has 2 aromatic carbocycles. The van der Waals surface area contributed by atoms with Gasteiger partial charge in [-0.1, -0.05) is 41.4 Å². The van der Waals surface area contributed by atoms with Crippen molar-refractivity contribution >= 4 is 29.2 Å². The zero-order valence-corrected chi connectivity index (χ0v) is 18.7. The Labute approximate surface area is 192 Å². The molecule has 3 aromatic rings. The number of aliphatic carboxylic acids is 1. The molecule has 0 radical (unpaired) electrons. The monoisotopic (exact) mass is 486 g/mol. The third kappa shape index (κ3) is 4.92. The van der Waals surface area contributed by atoms with Gasteiger partial charge in [0.1, 0.15) is 6.10 Å². The van der Waals surface area contributed by atoms with Gasteiger partial charge in [-0.15, -0.1) is 0 Å². The Morgan fingerprint density at radius 2 is 1.75 bits per heavy atom. The Hall–Kier alpha value is -2.55. The van der Waals surface area contributed by atoms with E-state index in [0.29, 0.717) is 33.1 Å². The fourth-order valence-electron chi connectivity index (χ4n) is 3.10. The predicted octanol–water partition coefficient (Wildman–Crippen LogP) is 6.68. The van der Waals surface area contributed by atoms with Crippen LogP contribution in [0.15, 0.2) is 42.5 Å². The van der Waals surface area contributed by atoms with Crippen molar-refractivity contribution in [2.24, 2.45) is 0 Å². The molecule has 0 aliphatic carbocycles. The fraction of sp³-hybridized carbons (Fsp3) is 0.273. The number of carbonyl (C=O) groups is 1. The van der Waals surface area contributed by atoms with Gasteiger partial charge in [0.25, 0.3) is 0 Å². The highest BCUT2D eigenvalue weighted by Crippen LogP contribution is 2.39. The minimum absolute atomic E-state index is 0.252. The molecule has 0 spiro atoms. The summed E-state index contributed by atoms with van der Waals surface area (Å²) >= 11 is 12.4. The Bertz CT molecular complexity index is 1140. The SMILES string of the molecule is Cc1c(C(OC(C)(C)C(=O)O)c2ccc(Cl)cc2Cl)n[nH]c1-c1ccc(C(F)(F)F)cc1. The lowest BCUT2D eigenvalue weighted by atomic mass is 9.98. The number of hydrogen-bond acceptors (Lipinski definition) is 3. The summed E-state index contributed by atoms with van der Waals surface area (Å²) < 4.78 is 44.6. The number of hydrogen-bond donors (Lipinski definition) is 2. The molecule has 0 bridgehead atoms. The van der Waals surface area contributed by atoms with Gasteiger partial charge < -0.3 is 9.84 Å². The first-order valence-electron chi connectivity index (χ1n) is 9.40. The van der Waals surface area contributed by atoms with Crippen LogP contribution in [-0.4, -0.2) is 26.9 Å². The molecule has 1 unspecified atom stereocenters. The summed E-state index contributed by atoms with van der Waals surface area (Å²) in [5.74, 6) is -1.19. The summed E-state index contributed by atoms with van der Waals surface area (Å²) in [6, 6.07) is 9.32. The van der Waals surface area contributed by atoms with E-state index >= 15 is 0 Å². The quantitative estimate of drug-likeness (QED) is 0.407. The highest BCUT2D eigenvalue weighted by Gasteiger charge is 2.36. The van der Waals surface area contributed by atoms with Crippen LogP contribution in [0.1, 0.15) is 42.3 Å². The maximum atomic E-state index is 12.9. The van der Waals surface area contributed by atoms with E-state index < -0.39 is 29.4 Å². The molecule has 5 nitrogen and oxygen atoms in total. The topological polar surface area (TPSA) is 75.2 Å². The zero-order chi connectivity index (χ0) is 23.8. The molecule has 0 aliphatic heterocycles. The van der Waals surface area contributed by atoms with Crippen LogP contribution in [0.2, 0.25) is 10.0 Å². The maximum absolute atomic E-state index is 12.9. The molecular weight excluding hydrogens is 468 g/mol. The second kappa shape index (κ2) is 8.77. The van der Waals surface area contributed by atoms with Gasteiger partial charge >= 0.3 is 12.1 Å². The average molecular weight is 487 g/mol. The number of H-pyrrole nitrogens is 1. The summed E-state index contributed by atoms with van der Waals surface area (Å²) in [5.41, 5.74) is -0.0447. The third-order valence-electron chi connectivity index (χ3n) is 4.97.